The molecule has 7 heteroatoms. The molecule has 1 N–H and O–H groups in total. The molecule has 1 aliphatic carbocycles. The first-order valence-electron chi connectivity index (χ1n) is 6.29. The molecule has 4 nitrogen and oxygen atoms in total. The molecular weight excluding hydrogens is 305 g/mol. The summed E-state index contributed by atoms with van der Waals surface area (Å²) >= 11 is 0. The number of halogens is 2. The Morgan fingerprint density at radius 1 is 1.50 bits per heavy atom. The summed E-state index contributed by atoms with van der Waals surface area (Å²) in [4.78, 5) is 11.7. The number of aryl methyl sites for hydroxylation is 1. The highest BCUT2D eigenvalue weighted by molar-refractivity contribution is 8.13. The molecule has 0 aromatic heterocycles. The van der Waals surface area contributed by atoms with Crippen LogP contribution in [0.5, 0.6) is 0 Å². The average molecular weight is 320 g/mol. The van der Waals surface area contributed by atoms with Crippen molar-refractivity contribution < 1.29 is 17.6 Å². The molecule has 0 spiro atoms. The number of nitrogens with one attached hydrogen (secondary N) is 1. The fourth-order valence-electron chi connectivity index (χ4n) is 2.21. The standard InChI is InChI=1S/C13H15ClFNO3S/c1-3-8-5-11(8)16-13(17)9-6-12(20(14,18)19)7(2)4-10(9)15/h4,6,8,11H,3,5H2,1-2H3,(H,16,17). The number of hydrogen-bond donors (Lipinski definition) is 1. The summed E-state index contributed by atoms with van der Waals surface area (Å²) in [6.07, 6.45) is 1.82. The van der Waals surface area contributed by atoms with Gasteiger partial charge in [0.25, 0.3) is 15.0 Å². The molecule has 1 aromatic carbocycles. The van der Waals surface area contributed by atoms with Crippen LogP contribution in [0.25, 0.3) is 0 Å². The van der Waals surface area contributed by atoms with Gasteiger partial charge in [0.1, 0.15) is 5.82 Å². The highest BCUT2D eigenvalue weighted by Gasteiger charge is 2.37. The Bertz CT molecular complexity index is 660. The Hall–Kier alpha value is -1.14. The number of rotatable bonds is 4. The van der Waals surface area contributed by atoms with Crippen LogP contribution >= 0.6 is 10.7 Å². The Morgan fingerprint density at radius 3 is 2.65 bits per heavy atom. The fraction of sp³-hybridized carbons (Fsp3) is 0.462. The van der Waals surface area contributed by atoms with Gasteiger partial charge in [-0.15, -0.1) is 0 Å². The second-order valence-electron chi connectivity index (χ2n) is 5.02. The van der Waals surface area contributed by atoms with Crippen LogP contribution in [-0.2, 0) is 9.05 Å². The topological polar surface area (TPSA) is 63.2 Å². The van der Waals surface area contributed by atoms with Crippen LogP contribution in [-0.4, -0.2) is 20.4 Å². The molecule has 1 amide bonds. The molecule has 0 aliphatic heterocycles. The lowest BCUT2D eigenvalue weighted by molar-refractivity contribution is 0.0944. The molecule has 0 bridgehead atoms. The summed E-state index contributed by atoms with van der Waals surface area (Å²) in [7, 11) is 1.27. The van der Waals surface area contributed by atoms with E-state index in [-0.39, 0.29) is 22.1 Å². The van der Waals surface area contributed by atoms with Crippen LogP contribution in [0, 0.1) is 18.7 Å². The van der Waals surface area contributed by atoms with Gasteiger partial charge < -0.3 is 5.32 Å². The van der Waals surface area contributed by atoms with Crippen molar-refractivity contribution >= 4 is 25.6 Å². The van der Waals surface area contributed by atoms with Crippen molar-refractivity contribution in [3.05, 3.63) is 29.1 Å². The van der Waals surface area contributed by atoms with E-state index in [1.165, 1.54) is 6.92 Å². The minimum absolute atomic E-state index is 0.0456. The van der Waals surface area contributed by atoms with Crippen LogP contribution in [0.4, 0.5) is 4.39 Å². The highest BCUT2D eigenvalue weighted by Crippen LogP contribution is 2.33. The molecule has 0 radical (unpaired) electrons. The summed E-state index contributed by atoms with van der Waals surface area (Å²) in [5, 5.41) is 2.69. The summed E-state index contributed by atoms with van der Waals surface area (Å²) in [5.74, 6) is -0.938. The zero-order valence-electron chi connectivity index (χ0n) is 11.1. The summed E-state index contributed by atoms with van der Waals surface area (Å²) in [6, 6.07) is 2.05. The van der Waals surface area contributed by atoms with Gasteiger partial charge in [-0.25, -0.2) is 12.8 Å². The predicted molar refractivity (Wildman–Crippen MR) is 73.8 cm³/mol. The molecule has 1 aromatic rings. The van der Waals surface area contributed by atoms with Gasteiger partial charge in [-0.1, -0.05) is 13.3 Å². The first-order chi connectivity index (χ1) is 9.24. The Labute approximate surface area is 121 Å². The van der Waals surface area contributed by atoms with Crippen LogP contribution in [0.3, 0.4) is 0 Å². The Balaban J connectivity index is 2.30. The van der Waals surface area contributed by atoms with E-state index >= 15 is 0 Å². The van der Waals surface area contributed by atoms with Gasteiger partial charge in [0, 0.05) is 16.7 Å². The maximum atomic E-state index is 13.8. The minimum Gasteiger partial charge on any atom is -0.349 e. The smallest absolute Gasteiger partial charge is 0.261 e. The Kier molecular flexibility index (Phi) is 4.07. The first-order valence-corrected chi connectivity index (χ1v) is 8.60. The van der Waals surface area contributed by atoms with Crippen molar-refractivity contribution in [2.45, 2.75) is 37.6 Å². The third-order valence-corrected chi connectivity index (χ3v) is 5.00. The molecule has 1 fully saturated rings. The fourth-order valence-corrected chi connectivity index (χ4v) is 3.41. The van der Waals surface area contributed by atoms with Crippen LogP contribution in [0.2, 0.25) is 0 Å². The molecule has 20 heavy (non-hydrogen) atoms. The normalized spacial score (nSPS) is 21.6. The van der Waals surface area contributed by atoms with Gasteiger partial charge in [0.2, 0.25) is 0 Å². The molecule has 2 atom stereocenters. The molecule has 0 saturated heterocycles. The Morgan fingerprint density at radius 2 is 2.15 bits per heavy atom. The van der Waals surface area contributed by atoms with Crippen LogP contribution in [0.15, 0.2) is 17.0 Å². The van der Waals surface area contributed by atoms with Crippen molar-refractivity contribution in [3.63, 3.8) is 0 Å². The largest absolute Gasteiger partial charge is 0.349 e. The highest BCUT2D eigenvalue weighted by atomic mass is 35.7. The maximum Gasteiger partial charge on any atom is 0.261 e. The number of carbonyl (C=O) groups is 1. The molecule has 1 saturated carbocycles. The van der Waals surface area contributed by atoms with Crippen LogP contribution < -0.4 is 5.32 Å². The summed E-state index contributed by atoms with van der Waals surface area (Å²) in [6.45, 7) is 3.44. The number of carbonyl (C=O) groups excluding carboxylic acids is 1. The van der Waals surface area contributed by atoms with Gasteiger partial charge in [-0.05, 0) is 37.0 Å². The lowest BCUT2D eigenvalue weighted by atomic mass is 10.1. The van der Waals surface area contributed by atoms with Crippen molar-refractivity contribution in [1.82, 2.24) is 5.32 Å². The van der Waals surface area contributed by atoms with Crippen molar-refractivity contribution in [2.24, 2.45) is 5.92 Å². The summed E-state index contributed by atoms with van der Waals surface area (Å²) < 4.78 is 36.6. The van der Waals surface area contributed by atoms with E-state index in [4.69, 9.17) is 10.7 Å². The SMILES string of the molecule is CCC1CC1NC(=O)c1cc(S(=O)(=O)Cl)c(C)cc1F. The lowest BCUT2D eigenvalue weighted by Crippen LogP contribution is -2.28. The van der Waals surface area contributed by atoms with E-state index in [2.05, 4.69) is 5.32 Å². The van der Waals surface area contributed by atoms with E-state index < -0.39 is 20.8 Å². The zero-order chi connectivity index (χ0) is 15.1. The van der Waals surface area contributed by atoms with Crippen molar-refractivity contribution in [3.8, 4) is 0 Å². The molecule has 0 heterocycles. The molecular formula is C13H15ClFNO3S. The molecule has 1 aliphatic rings. The number of hydrogen-bond acceptors (Lipinski definition) is 3. The maximum absolute atomic E-state index is 13.8. The minimum atomic E-state index is -4.01. The number of benzene rings is 1. The second kappa shape index (κ2) is 5.33. The van der Waals surface area contributed by atoms with Gasteiger partial charge in [-0.3, -0.25) is 4.79 Å². The molecule has 2 rings (SSSR count). The zero-order valence-corrected chi connectivity index (χ0v) is 12.7. The predicted octanol–water partition coefficient (Wildman–Crippen LogP) is 2.59. The van der Waals surface area contributed by atoms with Gasteiger partial charge >= 0.3 is 0 Å². The third kappa shape index (κ3) is 3.12. The molecule has 110 valence electrons. The van der Waals surface area contributed by atoms with E-state index in [1.807, 2.05) is 6.92 Å². The van der Waals surface area contributed by atoms with Gasteiger partial charge in [0.05, 0.1) is 10.5 Å². The van der Waals surface area contributed by atoms with Crippen molar-refractivity contribution in [2.75, 3.05) is 0 Å². The molecule has 2 unspecified atom stereocenters. The number of amides is 1. The van der Waals surface area contributed by atoms with Gasteiger partial charge in [-0.2, -0.15) is 0 Å². The lowest BCUT2D eigenvalue weighted by Gasteiger charge is -2.09. The average Bonchev–Trinajstić information content (AvgIpc) is 3.05. The first kappa shape index (κ1) is 15.3. The van der Waals surface area contributed by atoms with E-state index in [0.29, 0.717) is 5.92 Å². The quantitative estimate of drug-likeness (QED) is 0.868. The van der Waals surface area contributed by atoms with Crippen molar-refractivity contribution in [1.29, 1.82) is 0 Å². The van der Waals surface area contributed by atoms with Crippen LogP contribution in [0.1, 0.15) is 35.7 Å². The second-order valence-corrected chi connectivity index (χ2v) is 7.55. The van der Waals surface area contributed by atoms with E-state index in [9.17, 15) is 17.6 Å². The van der Waals surface area contributed by atoms with E-state index in [1.54, 1.807) is 0 Å². The third-order valence-electron chi connectivity index (χ3n) is 3.54. The van der Waals surface area contributed by atoms with Gasteiger partial charge in [0.15, 0.2) is 0 Å². The van der Waals surface area contributed by atoms with E-state index in [0.717, 1.165) is 25.0 Å². The monoisotopic (exact) mass is 319 g/mol. The summed E-state index contributed by atoms with van der Waals surface area (Å²) in [5.41, 5.74) is -0.122.